The summed E-state index contributed by atoms with van der Waals surface area (Å²) in [7, 11) is 0. The summed E-state index contributed by atoms with van der Waals surface area (Å²) in [4.78, 5) is 0. The molecular formula is C12H18BrNO. The number of halogens is 1. The Morgan fingerprint density at radius 3 is 2.40 bits per heavy atom. The van der Waals surface area contributed by atoms with E-state index in [-0.39, 0.29) is 12.0 Å². The minimum Gasteiger partial charge on any atom is -0.387 e. The Balaban J connectivity index is 3.09. The van der Waals surface area contributed by atoms with Gasteiger partial charge in [0.25, 0.3) is 0 Å². The summed E-state index contributed by atoms with van der Waals surface area (Å²) in [5.74, 6) is 0. The van der Waals surface area contributed by atoms with Crippen LogP contribution in [0.4, 0.5) is 0 Å². The first-order valence-electron chi connectivity index (χ1n) is 5.04. The van der Waals surface area contributed by atoms with Crippen LogP contribution in [0.2, 0.25) is 0 Å². The Morgan fingerprint density at radius 2 is 2.00 bits per heavy atom. The van der Waals surface area contributed by atoms with Crippen molar-refractivity contribution in [3.8, 4) is 0 Å². The van der Waals surface area contributed by atoms with Gasteiger partial charge in [-0.25, -0.2) is 0 Å². The first kappa shape index (κ1) is 12.7. The second kappa shape index (κ2) is 4.64. The Labute approximate surface area is 99.6 Å². The van der Waals surface area contributed by atoms with Crippen molar-refractivity contribution in [2.75, 3.05) is 6.54 Å². The van der Waals surface area contributed by atoms with Crippen LogP contribution in [0.5, 0.6) is 0 Å². The summed E-state index contributed by atoms with van der Waals surface area (Å²) >= 11 is 3.53. The van der Waals surface area contributed by atoms with Crippen LogP contribution in [0, 0.1) is 0 Å². The van der Waals surface area contributed by atoms with Crippen LogP contribution in [0.1, 0.15) is 38.0 Å². The van der Waals surface area contributed by atoms with E-state index in [1.54, 1.807) is 0 Å². The molecule has 15 heavy (non-hydrogen) atoms. The third-order valence-electron chi connectivity index (χ3n) is 2.41. The fourth-order valence-corrected chi connectivity index (χ4v) is 2.47. The molecule has 3 heteroatoms. The van der Waals surface area contributed by atoms with Gasteiger partial charge in [-0.05, 0) is 22.6 Å². The van der Waals surface area contributed by atoms with Gasteiger partial charge in [-0.1, -0.05) is 48.8 Å². The molecule has 0 saturated heterocycles. The summed E-state index contributed by atoms with van der Waals surface area (Å²) in [5.41, 5.74) is 7.61. The molecule has 0 saturated carbocycles. The predicted molar refractivity (Wildman–Crippen MR) is 66.9 cm³/mol. The van der Waals surface area contributed by atoms with Crippen LogP contribution in [0.25, 0.3) is 0 Å². The average molecular weight is 272 g/mol. The van der Waals surface area contributed by atoms with E-state index in [2.05, 4.69) is 36.7 Å². The number of aliphatic hydroxyl groups excluding tert-OH is 1. The van der Waals surface area contributed by atoms with E-state index in [1.165, 1.54) is 5.56 Å². The Kier molecular flexibility index (Phi) is 3.93. The first-order chi connectivity index (χ1) is 6.86. The maximum Gasteiger partial charge on any atom is 0.0912 e. The molecule has 0 aliphatic rings. The van der Waals surface area contributed by atoms with E-state index in [0.29, 0.717) is 0 Å². The van der Waals surface area contributed by atoms with Gasteiger partial charge in [0.2, 0.25) is 0 Å². The molecule has 3 N–H and O–H groups in total. The van der Waals surface area contributed by atoms with Crippen molar-refractivity contribution in [3.05, 3.63) is 33.8 Å². The summed E-state index contributed by atoms with van der Waals surface area (Å²) in [5, 5.41) is 9.60. The van der Waals surface area contributed by atoms with E-state index >= 15 is 0 Å². The summed E-state index contributed by atoms with van der Waals surface area (Å²) < 4.78 is 1.03. The van der Waals surface area contributed by atoms with Crippen molar-refractivity contribution < 1.29 is 5.11 Å². The maximum absolute atomic E-state index is 9.60. The van der Waals surface area contributed by atoms with Crippen molar-refractivity contribution in [1.29, 1.82) is 0 Å². The van der Waals surface area contributed by atoms with Crippen LogP contribution in [-0.2, 0) is 5.41 Å². The Hall–Kier alpha value is -0.380. The van der Waals surface area contributed by atoms with Gasteiger partial charge in [0, 0.05) is 11.0 Å². The molecule has 0 aliphatic carbocycles. The monoisotopic (exact) mass is 271 g/mol. The molecule has 2 nitrogen and oxygen atoms in total. The lowest BCUT2D eigenvalue weighted by atomic mass is 9.86. The molecule has 0 radical (unpaired) electrons. The minimum absolute atomic E-state index is 0.102. The van der Waals surface area contributed by atoms with Crippen molar-refractivity contribution in [2.24, 2.45) is 5.73 Å². The lowest BCUT2D eigenvalue weighted by molar-refractivity contribution is 0.186. The molecule has 0 fully saturated rings. The van der Waals surface area contributed by atoms with Crippen LogP contribution < -0.4 is 5.73 Å². The van der Waals surface area contributed by atoms with Crippen LogP contribution in [0.15, 0.2) is 22.7 Å². The minimum atomic E-state index is -0.574. The first-order valence-corrected chi connectivity index (χ1v) is 5.83. The Bertz CT molecular complexity index is 344. The lowest BCUT2D eigenvalue weighted by Crippen LogP contribution is -2.14. The van der Waals surface area contributed by atoms with E-state index < -0.39 is 6.10 Å². The van der Waals surface area contributed by atoms with E-state index in [4.69, 9.17) is 5.73 Å². The standard InChI is InChI=1S/C12H18BrNO/c1-12(2,3)9-5-4-8(6-10(9)13)11(15)7-14/h4-6,11,15H,7,14H2,1-3H3. The number of benzene rings is 1. The van der Waals surface area contributed by atoms with Crippen molar-refractivity contribution in [2.45, 2.75) is 32.3 Å². The fraction of sp³-hybridized carbons (Fsp3) is 0.500. The second-order valence-corrected chi connectivity index (χ2v) is 5.60. The highest BCUT2D eigenvalue weighted by molar-refractivity contribution is 9.10. The molecule has 1 unspecified atom stereocenters. The zero-order valence-electron chi connectivity index (χ0n) is 9.42. The van der Waals surface area contributed by atoms with Crippen LogP contribution in [-0.4, -0.2) is 11.7 Å². The molecule has 1 atom stereocenters. The van der Waals surface area contributed by atoms with Crippen LogP contribution >= 0.6 is 15.9 Å². The van der Waals surface area contributed by atoms with Gasteiger partial charge in [-0.3, -0.25) is 0 Å². The van der Waals surface area contributed by atoms with E-state index in [1.807, 2.05) is 18.2 Å². The zero-order chi connectivity index (χ0) is 11.6. The molecule has 0 amide bonds. The molecule has 0 heterocycles. The zero-order valence-corrected chi connectivity index (χ0v) is 11.0. The molecule has 0 spiro atoms. The largest absolute Gasteiger partial charge is 0.387 e. The topological polar surface area (TPSA) is 46.2 Å². The maximum atomic E-state index is 9.60. The molecule has 1 aromatic rings. The molecular weight excluding hydrogens is 254 g/mol. The molecule has 1 aromatic carbocycles. The highest BCUT2D eigenvalue weighted by atomic mass is 79.9. The molecule has 0 aromatic heterocycles. The van der Waals surface area contributed by atoms with Gasteiger partial charge < -0.3 is 10.8 Å². The molecule has 0 bridgehead atoms. The third kappa shape index (κ3) is 3.03. The highest BCUT2D eigenvalue weighted by Crippen LogP contribution is 2.31. The third-order valence-corrected chi connectivity index (χ3v) is 3.07. The summed E-state index contributed by atoms with van der Waals surface area (Å²) in [6.45, 7) is 6.73. The molecule has 1 rings (SSSR count). The fourth-order valence-electron chi connectivity index (χ4n) is 1.48. The molecule has 0 aliphatic heterocycles. The smallest absolute Gasteiger partial charge is 0.0912 e. The SMILES string of the molecule is CC(C)(C)c1ccc(C(O)CN)cc1Br. The number of rotatable bonds is 2. The highest BCUT2D eigenvalue weighted by Gasteiger charge is 2.17. The average Bonchev–Trinajstić information content (AvgIpc) is 2.14. The number of hydrogen-bond donors (Lipinski definition) is 2. The van der Waals surface area contributed by atoms with Crippen molar-refractivity contribution in [1.82, 2.24) is 0 Å². The quantitative estimate of drug-likeness (QED) is 0.869. The van der Waals surface area contributed by atoms with Crippen molar-refractivity contribution >= 4 is 15.9 Å². The van der Waals surface area contributed by atoms with Gasteiger partial charge in [-0.2, -0.15) is 0 Å². The normalized spacial score (nSPS) is 14.0. The number of nitrogens with two attached hydrogens (primary N) is 1. The number of hydrogen-bond acceptors (Lipinski definition) is 2. The molecule has 84 valence electrons. The van der Waals surface area contributed by atoms with Crippen molar-refractivity contribution in [3.63, 3.8) is 0 Å². The van der Waals surface area contributed by atoms with Gasteiger partial charge in [0.05, 0.1) is 6.10 Å². The predicted octanol–water partition coefficient (Wildman–Crippen LogP) is 2.74. The van der Waals surface area contributed by atoms with Gasteiger partial charge in [0.1, 0.15) is 0 Å². The summed E-state index contributed by atoms with van der Waals surface area (Å²) in [6, 6.07) is 5.92. The van der Waals surface area contributed by atoms with Crippen LogP contribution in [0.3, 0.4) is 0 Å². The van der Waals surface area contributed by atoms with Gasteiger partial charge in [0.15, 0.2) is 0 Å². The number of aliphatic hydroxyl groups is 1. The van der Waals surface area contributed by atoms with Gasteiger partial charge >= 0.3 is 0 Å². The Morgan fingerprint density at radius 1 is 1.40 bits per heavy atom. The van der Waals surface area contributed by atoms with Gasteiger partial charge in [-0.15, -0.1) is 0 Å². The second-order valence-electron chi connectivity index (χ2n) is 4.74. The lowest BCUT2D eigenvalue weighted by Gasteiger charge is -2.22. The van der Waals surface area contributed by atoms with E-state index in [0.717, 1.165) is 10.0 Å². The summed E-state index contributed by atoms with van der Waals surface area (Å²) in [6.07, 6.45) is -0.574. The van der Waals surface area contributed by atoms with E-state index in [9.17, 15) is 5.11 Å².